The molecule has 3 aromatic heterocycles. The van der Waals surface area contributed by atoms with E-state index in [4.69, 9.17) is 40.1 Å². The van der Waals surface area contributed by atoms with Crippen molar-refractivity contribution in [2.45, 2.75) is 0 Å². The zero-order valence-corrected chi connectivity index (χ0v) is 14.0. The van der Waals surface area contributed by atoms with Gasteiger partial charge in [-0.15, -0.1) is 0 Å². The fourth-order valence-corrected chi connectivity index (χ4v) is 1.79. The molecular weight excluding hydrogens is 375 g/mol. The maximum Gasteiger partial charge on any atom is 0.158 e. The Balaban J connectivity index is 0.000000219. The molecule has 24 heavy (non-hydrogen) atoms. The van der Waals surface area contributed by atoms with Crippen LogP contribution in [0.3, 0.4) is 0 Å². The van der Waals surface area contributed by atoms with Crippen molar-refractivity contribution in [3.63, 3.8) is 0 Å². The van der Waals surface area contributed by atoms with Crippen LogP contribution in [0.25, 0.3) is 0 Å². The monoisotopic (exact) mass is 380 g/mol. The summed E-state index contributed by atoms with van der Waals surface area (Å²) in [4.78, 5) is 22.7. The summed E-state index contributed by atoms with van der Waals surface area (Å²) in [5, 5.41) is 12.5. The van der Waals surface area contributed by atoms with Crippen LogP contribution in [0.5, 0.6) is 0 Å². The first kappa shape index (κ1) is 17.7. The molecule has 0 spiro atoms. The molecule has 0 unspecified atom stereocenters. The Labute approximate surface area is 151 Å². The molecule has 3 aromatic rings. The van der Waals surface area contributed by atoms with Crippen LogP contribution in [0.4, 0.5) is 11.6 Å². The van der Waals surface area contributed by atoms with Crippen LogP contribution in [0.1, 0.15) is 5.69 Å². The van der Waals surface area contributed by atoms with Gasteiger partial charge < -0.3 is 5.32 Å². The number of anilines is 2. The van der Waals surface area contributed by atoms with Crippen molar-refractivity contribution in [1.29, 1.82) is 5.26 Å². The molecule has 0 atom stereocenters. The standard InChI is InChI=1S/C9H5ClN6.C4H2Cl2N2/c10-7-1-8(15-5-14-7)16-9-4-12-6(2-11)3-13-9;5-3-1-4(6)8-2-7-3/h1,3-5H,(H,13,14,15,16);1-2H. The second-order valence-corrected chi connectivity index (χ2v) is 5.07. The Morgan fingerprint density at radius 2 is 1.38 bits per heavy atom. The molecule has 3 heterocycles. The van der Waals surface area contributed by atoms with Crippen LogP contribution in [0, 0.1) is 11.3 Å². The Hall–Kier alpha value is -2.60. The Kier molecular flexibility index (Phi) is 6.57. The summed E-state index contributed by atoms with van der Waals surface area (Å²) < 4.78 is 0. The van der Waals surface area contributed by atoms with Crippen molar-refractivity contribution in [1.82, 2.24) is 29.9 Å². The first-order valence-corrected chi connectivity index (χ1v) is 7.30. The van der Waals surface area contributed by atoms with E-state index in [1.165, 1.54) is 31.1 Å². The Morgan fingerprint density at radius 3 is 1.83 bits per heavy atom. The lowest BCUT2D eigenvalue weighted by molar-refractivity contribution is 1.13. The van der Waals surface area contributed by atoms with Gasteiger partial charge in [0.05, 0.1) is 12.4 Å². The summed E-state index contributed by atoms with van der Waals surface area (Å²) in [7, 11) is 0. The lowest BCUT2D eigenvalue weighted by Gasteiger charge is -2.03. The lowest BCUT2D eigenvalue weighted by Crippen LogP contribution is -1.97. The van der Waals surface area contributed by atoms with Crippen LogP contribution in [0.15, 0.2) is 37.2 Å². The van der Waals surface area contributed by atoms with Crippen molar-refractivity contribution in [3.8, 4) is 6.07 Å². The van der Waals surface area contributed by atoms with Gasteiger partial charge in [0, 0.05) is 12.1 Å². The molecule has 0 aliphatic rings. The highest BCUT2D eigenvalue weighted by Crippen LogP contribution is 2.13. The Morgan fingerprint density at radius 1 is 0.750 bits per heavy atom. The van der Waals surface area contributed by atoms with E-state index < -0.39 is 0 Å². The van der Waals surface area contributed by atoms with E-state index in [9.17, 15) is 0 Å². The minimum Gasteiger partial charge on any atom is -0.324 e. The molecule has 0 amide bonds. The minimum absolute atomic E-state index is 0.256. The molecule has 8 nitrogen and oxygen atoms in total. The topological polar surface area (TPSA) is 113 Å². The number of aromatic nitrogens is 6. The van der Waals surface area contributed by atoms with Crippen LogP contribution < -0.4 is 5.32 Å². The third-order valence-corrected chi connectivity index (χ3v) is 2.88. The van der Waals surface area contributed by atoms with E-state index in [1.54, 1.807) is 6.07 Å². The summed E-state index contributed by atoms with van der Waals surface area (Å²) in [6.07, 6.45) is 5.45. The fraction of sp³-hybridized carbons (Fsp3) is 0. The van der Waals surface area contributed by atoms with Gasteiger partial charge in [0.25, 0.3) is 0 Å². The van der Waals surface area contributed by atoms with E-state index >= 15 is 0 Å². The molecule has 0 bridgehead atoms. The highest BCUT2D eigenvalue weighted by molar-refractivity contribution is 6.33. The van der Waals surface area contributed by atoms with Gasteiger partial charge in [-0.2, -0.15) is 5.26 Å². The molecule has 11 heteroatoms. The zero-order valence-electron chi connectivity index (χ0n) is 11.7. The average molecular weight is 382 g/mol. The van der Waals surface area contributed by atoms with Crippen LogP contribution in [-0.4, -0.2) is 29.9 Å². The molecule has 0 saturated carbocycles. The van der Waals surface area contributed by atoms with Crippen LogP contribution >= 0.6 is 34.8 Å². The average Bonchev–Trinajstić information content (AvgIpc) is 2.56. The SMILES string of the molecule is Clc1cc(Cl)ncn1.N#Cc1cnc(Nc2cc(Cl)ncn2)cn1. The van der Waals surface area contributed by atoms with Gasteiger partial charge in [0.2, 0.25) is 0 Å². The predicted molar refractivity (Wildman–Crippen MR) is 89.1 cm³/mol. The van der Waals surface area contributed by atoms with Gasteiger partial charge >= 0.3 is 0 Å². The first-order valence-electron chi connectivity index (χ1n) is 6.16. The van der Waals surface area contributed by atoms with Crippen molar-refractivity contribution >= 4 is 46.4 Å². The number of nitrogens with one attached hydrogen (secondary N) is 1. The Bertz CT molecular complexity index is 833. The highest BCUT2D eigenvalue weighted by atomic mass is 35.5. The molecule has 0 fully saturated rings. The zero-order chi connectivity index (χ0) is 17.4. The normalized spacial score (nSPS) is 9.42. The number of rotatable bonds is 2. The largest absolute Gasteiger partial charge is 0.324 e. The molecule has 1 N–H and O–H groups in total. The number of nitrogens with zero attached hydrogens (tertiary/aromatic N) is 7. The maximum atomic E-state index is 8.54. The van der Waals surface area contributed by atoms with Gasteiger partial charge in [-0.1, -0.05) is 34.8 Å². The van der Waals surface area contributed by atoms with Gasteiger partial charge in [-0.05, 0) is 0 Å². The molecule has 0 radical (unpaired) electrons. The summed E-state index contributed by atoms with van der Waals surface area (Å²) in [5.74, 6) is 0.993. The van der Waals surface area contributed by atoms with Crippen molar-refractivity contribution < 1.29 is 0 Å². The lowest BCUT2D eigenvalue weighted by atomic mass is 10.5. The van der Waals surface area contributed by atoms with E-state index in [2.05, 4.69) is 35.2 Å². The number of hydrogen-bond donors (Lipinski definition) is 1. The molecule has 0 saturated heterocycles. The molecule has 120 valence electrons. The van der Waals surface area contributed by atoms with Crippen molar-refractivity contribution in [2.24, 2.45) is 0 Å². The van der Waals surface area contributed by atoms with Crippen molar-refractivity contribution in [2.75, 3.05) is 5.32 Å². The molecular formula is C13H7Cl3N8. The minimum atomic E-state index is 0.256. The van der Waals surface area contributed by atoms with Gasteiger partial charge in [0.1, 0.15) is 45.8 Å². The second-order valence-electron chi connectivity index (χ2n) is 3.91. The van der Waals surface area contributed by atoms with Gasteiger partial charge in [-0.3, -0.25) is 0 Å². The second kappa shape index (κ2) is 8.88. The molecule has 3 rings (SSSR count). The van der Waals surface area contributed by atoms with Crippen LogP contribution in [-0.2, 0) is 0 Å². The number of nitriles is 1. The first-order chi connectivity index (χ1) is 11.6. The smallest absolute Gasteiger partial charge is 0.158 e. The van der Waals surface area contributed by atoms with Gasteiger partial charge in [-0.25, -0.2) is 29.9 Å². The fourth-order valence-electron chi connectivity index (χ4n) is 1.30. The summed E-state index contributed by atoms with van der Waals surface area (Å²) in [6.45, 7) is 0. The van der Waals surface area contributed by atoms with Gasteiger partial charge in [0.15, 0.2) is 5.69 Å². The van der Waals surface area contributed by atoms with E-state index in [0.29, 0.717) is 27.1 Å². The summed E-state index contributed by atoms with van der Waals surface area (Å²) in [6, 6.07) is 4.91. The number of halogens is 3. The molecule has 0 aliphatic carbocycles. The summed E-state index contributed by atoms with van der Waals surface area (Å²) in [5.41, 5.74) is 0.256. The third kappa shape index (κ3) is 5.89. The van der Waals surface area contributed by atoms with Crippen LogP contribution in [0.2, 0.25) is 15.5 Å². The van der Waals surface area contributed by atoms with E-state index in [0.717, 1.165) is 0 Å². The number of hydrogen-bond acceptors (Lipinski definition) is 8. The van der Waals surface area contributed by atoms with Crippen molar-refractivity contribution in [3.05, 3.63) is 58.3 Å². The summed E-state index contributed by atoms with van der Waals surface area (Å²) >= 11 is 16.5. The highest BCUT2D eigenvalue weighted by Gasteiger charge is 1.99. The third-order valence-electron chi connectivity index (χ3n) is 2.26. The quantitative estimate of drug-likeness (QED) is 0.672. The van der Waals surface area contributed by atoms with E-state index in [-0.39, 0.29) is 5.69 Å². The predicted octanol–water partition coefficient (Wildman–Crippen LogP) is 3.32. The maximum absolute atomic E-state index is 8.54. The van der Waals surface area contributed by atoms with E-state index in [1.807, 2.05) is 6.07 Å². The molecule has 0 aromatic carbocycles. The molecule has 0 aliphatic heterocycles.